The molecule has 1 aromatic rings. The minimum Gasteiger partial charge on any atom is -0.481 e. The van der Waals surface area contributed by atoms with Gasteiger partial charge in [-0.05, 0) is 17.9 Å². The Balaban J connectivity index is 2.15. The molecular formula is C16H23NO5S. The predicted molar refractivity (Wildman–Crippen MR) is 86.5 cm³/mol. The lowest BCUT2D eigenvalue weighted by Gasteiger charge is -2.34. The second kappa shape index (κ2) is 7.42. The van der Waals surface area contributed by atoms with Gasteiger partial charge in [0.15, 0.2) is 0 Å². The molecule has 1 N–H and O–H groups in total. The van der Waals surface area contributed by atoms with Gasteiger partial charge in [-0.15, -0.1) is 0 Å². The van der Waals surface area contributed by atoms with E-state index in [9.17, 15) is 18.3 Å². The summed E-state index contributed by atoms with van der Waals surface area (Å²) in [4.78, 5) is 11.2. The Morgan fingerprint density at radius 1 is 1.35 bits per heavy atom. The summed E-state index contributed by atoms with van der Waals surface area (Å²) in [5, 5.41) is 9.20. The Bertz CT molecular complexity index is 631. The van der Waals surface area contributed by atoms with Gasteiger partial charge in [-0.3, -0.25) is 4.79 Å². The number of carboxylic acids is 1. The van der Waals surface area contributed by atoms with Gasteiger partial charge in [0.25, 0.3) is 0 Å². The lowest BCUT2D eigenvalue weighted by Crippen LogP contribution is -2.46. The Hall–Kier alpha value is -1.44. The number of piperidine rings is 1. The number of aliphatic carboxylic acids is 1. The van der Waals surface area contributed by atoms with E-state index in [2.05, 4.69) is 0 Å². The molecule has 1 aromatic carbocycles. The fraction of sp³-hybridized carbons (Fsp3) is 0.562. The van der Waals surface area contributed by atoms with Crippen molar-refractivity contribution in [1.29, 1.82) is 0 Å². The Kier molecular flexibility index (Phi) is 5.78. The van der Waals surface area contributed by atoms with Crippen LogP contribution in [-0.2, 0) is 19.6 Å². The third-order valence-corrected chi connectivity index (χ3v) is 6.00. The van der Waals surface area contributed by atoms with E-state index in [1.807, 2.05) is 37.3 Å². The lowest BCUT2D eigenvalue weighted by molar-refractivity contribution is -0.143. The van der Waals surface area contributed by atoms with E-state index in [1.54, 1.807) is 0 Å². The Morgan fingerprint density at radius 3 is 2.57 bits per heavy atom. The number of rotatable bonds is 6. The van der Waals surface area contributed by atoms with Crippen LogP contribution in [0.15, 0.2) is 30.3 Å². The van der Waals surface area contributed by atoms with E-state index in [-0.39, 0.29) is 18.2 Å². The van der Waals surface area contributed by atoms with Gasteiger partial charge in [0.05, 0.1) is 17.8 Å². The summed E-state index contributed by atoms with van der Waals surface area (Å²) < 4.78 is 32.0. The van der Waals surface area contributed by atoms with Crippen molar-refractivity contribution in [3.63, 3.8) is 0 Å². The third-order valence-electron chi connectivity index (χ3n) is 4.19. The van der Waals surface area contributed by atoms with E-state index in [1.165, 1.54) is 11.4 Å². The van der Waals surface area contributed by atoms with Crippen molar-refractivity contribution in [1.82, 2.24) is 4.31 Å². The lowest BCUT2D eigenvalue weighted by atomic mass is 9.92. The molecular weight excluding hydrogens is 318 g/mol. The molecule has 2 rings (SSSR count). The van der Waals surface area contributed by atoms with Crippen molar-refractivity contribution < 1.29 is 23.1 Å². The van der Waals surface area contributed by atoms with Crippen molar-refractivity contribution in [3.8, 4) is 0 Å². The first-order chi connectivity index (χ1) is 10.8. The second-order valence-electron chi connectivity index (χ2n) is 6.11. The Morgan fingerprint density at radius 2 is 2.00 bits per heavy atom. The van der Waals surface area contributed by atoms with Gasteiger partial charge in [-0.1, -0.05) is 37.3 Å². The number of methoxy groups -OCH3 is 1. The van der Waals surface area contributed by atoms with E-state index in [0.29, 0.717) is 13.0 Å². The molecule has 7 heteroatoms. The van der Waals surface area contributed by atoms with E-state index in [0.717, 1.165) is 5.56 Å². The zero-order chi connectivity index (χ0) is 17.0. The molecule has 0 radical (unpaired) electrons. The Labute approximate surface area is 137 Å². The molecule has 1 saturated heterocycles. The number of carboxylic acid groups (broad SMARTS) is 1. The molecule has 0 amide bonds. The first-order valence-corrected chi connectivity index (χ1v) is 9.22. The molecule has 1 aliphatic rings. The maximum Gasteiger partial charge on any atom is 0.307 e. The smallest absolute Gasteiger partial charge is 0.307 e. The first kappa shape index (κ1) is 17.9. The van der Waals surface area contributed by atoms with Crippen LogP contribution >= 0.6 is 0 Å². The van der Waals surface area contributed by atoms with Crippen LogP contribution in [0.4, 0.5) is 0 Å². The number of ether oxygens (including phenoxy) is 1. The molecule has 3 unspecified atom stereocenters. The van der Waals surface area contributed by atoms with Crippen molar-refractivity contribution in [2.75, 3.05) is 26.0 Å². The van der Waals surface area contributed by atoms with E-state index >= 15 is 0 Å². The topological polar surface area (TPSA) is 83.9 Å². The fourth-order valence-electron chi connectivity index (χ4n) is 2.97. The van der Waals surface area contributed by atoms with Crippen molar-refractivity contribution in [3.05, 3.63) is 35.9 Å². The molecule has 0 aromatic heterocycles. The number of carbonyl (C=O) groups is 1. The maximum atomic E-state index is 12.7. The van der Waals surface area contributed by atoms with Gasteiger partial charge < -0.3 is 9.84 Å². The minimum atomic E-state index is -3.60. The average molecular weight is 341 g/mol. The third kappa shape index (κ3) is 4.53. The predicted octanol–water partition coefficient (Wildman–Crippen LogP) is 1.75. The zero-order valence-electron chi connectivity index (χ0n) is 13.4. The summed E-state index contributed by atoms with van der Waals surface area (Å²) >= 11 is 0. The standard InChI is InChI=1S/C16H23NO5S/c1-12-8-14(16(18)19)10-17(9-12)23(20,21)11-15(22-2)13-6-4-3-5-7-13/h3-7,12,14-15H,8-11H2,1-2H3,(H,18,19). The van der Waals surface area contributed by atoms with Gasteiger partial charge in [0.2, 0.25) is 10.0 Å². The number of sulfonamides is 1. The largest absolute Gasteiger partial charge is 0.481 e. The molecule has 1 fully saturated rings. The molecule has 0 spiro atoms. The highest BCUT2D eigenvalue weighted by Gasteiger charge is 2.36. The summed E-state index contributed by atoms with van der Waals surface area (Å²) in [7, 11) is -2.12. The minimum absolute atomic E-state index is 0.0253. The van der Waals surface area contributed by atoms with E-state index in [4.69, 9.17) is 4.74 Å². The molecule has 128 valence electrons. The van der Waals surface area contributed by atoms with Crippen LogP contribution < -0.4 is 0 Å². The molecule has 6 nitrogen and oxygen atoms in total. The van der Waals surface area contributed by atoms with Crippen LogP contribution in [0.5, 0.6) is 0 Å². The molecule has 0 aliphatic carbocycles. The van der Waals surface area contributed by atoms with Crippen LogP contribution in [-0.4, -0.2) is 49.8 Å². The van der Waals surface area contributed by atoms with Gasteiger partial charge in [-0.25, -0.2) is 12.7 Å². The first-order valence-electron chi connectivity index (χ1n) is 7.62. The van der Waals surface area contributed by atoms with Crippen molar-refractivity contribution >= 4 is 16.0 Å². The number of benzene rings is 1. The van der Waals surface area contributed by atoms with Crippen LogP contribution in [0.25, 0.3) is 0 Å². The monoisotopic (exact) mass is 341 g/mol. The summed E-state index contributed by atoms with van der Waals surface area (Å²) in [5.74, 6) is -1.75. The van der Waals surface area contributed by atoms with Crippen LogP contribution in [0.3, 0.4) is 0 Å². The quantitative estimate of drug-likeness (QED) is 0.852. The fourth-order valence-corrected chi connectivity index (χ4v) is 4.78. The SMILES string of the molecule is COC(CS(=O)(=O)N1CC(C)CC(C(=O)O)C1)c1ccccc1. The normalized spacial score (nSPS) is 24.3. The van der Waals surface area contributed by atoms with Crippen LogP contribution in [0.1, 0.15) is 25.0 Å². The van der Waals surface area contributed by atoms with E-state index < -0.39 is 28.0 Å². The molecule has 0 saturated carbocycles. The van der Waals surface area contributed by atoms with Gasteiger partial charge >= 0.3 is 5.97 Å². The molecule has 23 heavy (non-hydrogen) atoms. The summed E-state index contributed by atoms with van der Waals surface area (Å²) in [5.41, 5.74) is 0.790. The summed E-state index contributed by atoms with van der Waals surface area (Å²) in [6.07, 6.45) is -0.0602. The van der Waals surface area contributed by atoms with Crippen LogP contribution in [0.2, 0.25) is 0 Å². The van der Waals surface area contributed by atoms with Crippen molar-refractivity contribution in [2.45, 2.75) is 19.4 Å². The molecule has 0 bridgehead atoms. The molecule has 3 atom stereocenters. The second-order valence-corrected chi connectivity index (χ2v) is 8.12. The highest BCUT2D eigenvalue weighted by molar-refractivity contribution is 7.89. The van der Waals surface area contributed by atoms with Crippen LogP contribution in [0, 0.1) is 11.8 Å². The molecule has 1 heterocycles. The zero-order valence-corrected chi connectivity index (χ0v) is 14.2. The van der Waals surface area contributed by atoms with Gasteiger partial charge in [0.1, 0.15) is 0 Å². The maximum absolute atomic E-state index is 12.7. The number of hydrogen-bond donors (Lipinski definition) is 1. The van der Waals surface area contributed by atoms with Gasteiger partial charge in [-0.2, -0.15) is 0 Å². The number of hydrogen-bond acceptors (Lipinski definition) is 4. The van der Waals surface area contributed by atoms with Crippen molar-refractivity contribution in [2.24, 2.45) is 11.8 Å². The molecule has 1 aliphatic heterocycles. The highest BCUT2D eigenvalue weighted by Crippen LogP contribution is 2.27. The highest BCUT2D eigenvalue weighted by atomic mass is 32.2. The van der Waals surface area contributed by atoms with Gasteiger partial charge in [0, 0.05) is 20.2 Å². The summed E-state index contributed by atoms with van der Waals surface area (Å²) in [6, 6.07) is 9.16. The summed E-state index contributed by atoms with van der Waals surface area (Å²) in [6.45, 7) is 2.27. The average Bonchev–Trinajstić information content (AvgIpc) is 2.53. The number of nitrogens with zero attached hydrogens (tertiary/aromatic N) is 1.